The minimum Gasteiger partial charge on any atom is -0.448 e. The summed E-state index contributed by atoms with van der Waals surface area (Å²) in [5.41, 5.74) is -0.127. The Labute approximate surface area is 150 Å². The van der Waals surface area contributed by atoms with Crippen LogP contribution in [0.4, 0.5) is 4.79 Å². The molecule has 0 N–H and O–H groups in total. The third kappa shape index (κ3) is 2.97. The van der Waals surface area contributed by atoms with Crippen molar-refractivity contribution in [3.8, 4) is 0 Å². The molecular formula is C17H18N2O6S. The topological polar surface area (TPSA) is 97.1 Å². The van der Waals surface area contributed by atoms with Crippen LogP contribution in [-0.4, -0.2) is 56.0 Å². The SMILES string of the molecule is O=C1OCCN1C1CCN(S(=O)(=O)c2ccc3oc(=O)ccc3c2)CC1. The summed E-state index contributed by atoms with van der Waals surface area (Å²) in [5, 5.41) is 0.556. The van der Waals surface area contributed by atoms with Crippen LogP contribution in [0, 0.1) is 0 Å². The van der Waals surface area contributed by atoms with Crippen LogP contribution in [0.3, 0.4) is 0 Å². The van der Waals surface area contributed by atoms with E-state index < -0.39 is 15.6 Å². The van der Waals surface area contributed by atoms with Crippen molar-refractivity contribution in [3.05, 3.63) is 40.8 Å². The molecule has 4 rings (SSSR count). The molecule has 0 unspecified atom stereocenters. The summed E-state index contributed by atoms with van der Waals surface area (Å²) in [6.07, 6.45) is 0.843. The Morgan fingerprint density at radius 1 is 1.00 bits per heavy atom. The Balaban J connectivity index is 1.53. The van der Waals surface area contributed by atoms with Gasteiger partial charge in [-0.1, -0.05) is 0 Å². The van der Waals surface area contributed by atoms with Crippen LogP contribution < -0.4 is 5.63 Å². The van der Waals surface area contributed by atoms with E-state index >= 15 is 0 Å². The number of carbonyl (C=O) groups excluding carboxylic acids is 1. The highest BCUT2D eigenvalue weighted by Gasteiger charge is 2.35. The molecular weight excluding hydrogens is 360 g/mol. The van der Waals surface area contributed by atoms with Gasteiger partial charge in [0.25, 0.3) is 0 Å². The Morgan fingerprint density at radius 3 is 2.46 bits per heavy atom. The fraction of sp³-hybridized carbons (Fsp3) is 0.412. The van der Waals surface area contributed by atoms with Crippen molar-refractivity contribution in [1.82, 2.24) is 9.21 Å². The molecule has 2 aliphatic heterocycles. The van der Waals surface area contributed by atoms with Crippen molar-refractivity contribution in [2.75, 3.05) is 26.2 Å². The number of sulfonamides is 1. The minimum absolute atomic E-state index is 0.0160. The molecule has 2 fully saturated rings. The molecule has 0 radical (unpaired) electrons. The van der Waals surface area contributed by atoms with Crippen molar-refractivity contribution >= 4 is 27.1 Å². The van der Waals surface area contributed by atoms with Gasteiger partial charge < -0.3 is 14.1 Å². The van der Waals surface area contributed by atoms with Crippen molar-refractivity contribution < 1.29 is 22.4 Å². The largest absolute Gasteiger partial charge is 0.448 e. The lowest BCUT2D eigenvalue weighted by Gasteiger charge is -2.34. The maximum atomic E-state index is 12.9. The van der Waals surface area contributed by atoms with Crippen LogP contribution in [0.1, 0.15) is 12.8 Å². The normalized spacial score (nSPS) is 19.8. The number of carbonyl (C=O) groups is 1. The van der Waals surface area contributed by atoms with E-state index in [9.17, 15) is 18.0 Å². The van der Waals surface area contributed by atoms with E-state index in [4.69, 9.17) is 9.15 Å². The van der Waals surface area contributed by atoms with E-state index in [0.717, 1.165) is 0 Å². The van der Waals surface area contributed by atoms with Crippen molar-refractivity contribution in [3.63, 3.8) is 0 Å². The maximum absolute atomic E-state index is 12.9. The van der Waals surface area contributed by atoms with Gasteiger partial charge in [-0.3, -0.25) is 0 Å². The van der Waals surface area contributed by atoms with E-state index in [1.54, 1.807) is 11.0 Å². The minimum atomic E-state index is -3.65. The molecule has 138 valence electrons. The second-order valence-electron chi connectivity index (χ2n) is 6.40. The maximum Gasteiger partial charge on any atom is 0.410 e. The zero-order valence-electron chi connectivity index (χ0n) is 14.0. The second-order valence-corrected chi connectivity index (χ2v) is 8.34. The first kappa shape index (κ1) is 17.0. The molecule has 2 aliphatic rings. The molecule has 2 aromatic rings. The lowest BCUT2D eigenvalue weighted by atomic mass is 10.1. The predicted molar refractivity (Wildman–Crippen MR) is 92.3 cm³/mol. The van der Waals surface area contributed by atoms with Gasteiger partial charge in [0.15, 0.2) is 0 Å². The van der Waals surface area contributed by atoms with Gasteiger partial charge >= 0.3 is 11.7 Å². The first-order valence-electron chi connectivity index (χ1n) is 8.43. The first-order valence-corrected chi connectivity index (χ1v) is 9.87. The molecule has 3 heterocycles. The van der Waals surface area contributed by atoms with E-state index in [2.05, 4.69) is 0 Å². The number of hydrogen-bond acceptors (Lipinski definition) is 6. The highest BCUT2D eigenvalue weighted by Crippen LogP contribution is 2.26. The van der Waals surface area contributed by atoms with Crippen LogP contribution in [-0.2, 0) is 14.8 Å². The third-order valence-electron chi connectivity index (χ3n) is 4.89. The summed E-state index contributed by atoms with van der Waals surface area (Å²) in [6.45, 7) is 1.65. The van der Waals surface area contributed by atoms with Crippen molar-refractivity contribution in [2.24, 2.45) is 0 Å². The molecule has 0 atom stereocenters. The molecule has 1 aromatic carbocycles. The third-order valence-corrected chi connectivity index (χ3v) is 6.78. The molecule has 9 heteroatoms. The highest BCUT2D eigenvalue weighted by molar-refractivity contribution is 7.89. The molecule has 8 nitrogen and oxygen atoms in total. The quantitative estimate of drug-likeness (QED) is 0.749. The average Bonchev–Trinajstić information content (AvgIpc) is 3.07. The summed E-state index contributed by atoms with van der Waals surface area (Å²) in [6, 6.07) is 7.28. The molecule has 1 amide bonds. The van der Waals surface area contributed by atoms with Gasteiger partial charge in [0.05, 0.1) is 11.4 Å². The van der Waals surface area contributed by atoms with Gasteiger partial charge in [0.2, 0.25) is 10.0 Å². The van der Waals surface area contributed by atoms with Gasteiger partial charge in [-0.2, -0.15) is 4.31 Å². The smallest absolute Gasteiger partial charge is 0.410 e. The van der Waals surface area contributed by atoms with E-state index in [1.165, 1.54) is 28.6 Å². The van der Waals surface area contributed by atoms with Crippen LogP contribution >= 0.6 is 0 Å². The van der Waals surface area contributed by atoms with Crippen LogP contribution in [0.2, 0.25) is 0 Å². The molecule has 1 aromatic heterocycles. The van der Waals surface area contributed by atoms with Crippen molar-refractivity contribution in [2.45, 2.75) is 23.8 Å². The number of nitrogens with zero attached hydrogens (tertiary/aromatic N) is 2. The molecule has 0 bridgehead atoms. The Kier molecular flexibility index (Phi) is 4.20. The van der Waals surface area contributed by atoms with E-state index in [-0.39, 0.29) is 17.0 Å². The fourth-order valence-corrected chi connectivity index (χ4v) is 5.00. The standard InChI is InChI=1S/C17H18N2O6S/c20-16-4-1-12-11-14(2-3-15(12)25-16)26(22,23)18-7-5-13(6-8-18)19-9-10-24-17(19)21/h1-4,11,13H,5-10H2. The molecule has 0 spiro atoms. The first-order chi connectivity index (χ1) is 12.4. The zero-order chi connectivity index (χ0) is 18.3. The van der Waals surface area contributed by atoms with Crippen LogP contribution in [0.5, 0.6) is 0 Å². The van der Waals surface area contributed by atoms with Gasteiger partial charge in [-0.05, 0) is 37.1 Å². The monoisotopic (exact) mass is 378 g/mol. The summed E-state index contributed by atoms with van der Waals surface area (Å²) < 4.78 is 37.3. The summed E-state index contributed by atoms with van der Waals surface area (Å²) in [5.74, 6) is 0. The number of piperidine rings is 1. The van der Waals surface area contributed by atoms with Gasteiger partial charge in [0, 0.05) is 30.6 Å². The van der Waals surface area contributed by atoms with E-state index in [1.807, 2.05) is 0 Å². The summed E-state index contributed by atoms with van der Waals surface area (Å²) >= 11 is 0. The van der Waals surface area contributed by atoms with Gasteiger partial charge in [-0.15, -0.1) is 0 Å². The zero-order valence-corrected chi connectivity index (χ0v) is 14.8. The molecule has 2 saturated heterocycles. The van der Waals surface area contributed by atoms with Gasteiger partial charge in [0.1, 0.15) is 12.2 Å². The molecule has 0 aliphatic carbocycles. The lowest BCUT2D eigenvalue weighted by molar-refractivity contribution is 0.134. The Morgan fingerprint density at radius 2 is 1.77 bits per heavy atom. The number of ether oxygens (including phenoxy) is 1. The van der Waals surface area contributed by atoms with Gasteiger partial charge in [-0.25, -0.2) is 18.0 Å². The number of cyclic esters (lactones) is 1. The Bertz CT molecular complexity index is 1010. The molecule has 26 heavy (non-hydrogen) atoms. The average molecular weight is 378 g/mol. The predicted octanol–water partition coefficient (Wildman–Crippen LogP) is 1.40. The number of fused-ring (bicyclic) bond motifs is 1. The van der Waals surface area contributed by atoms with Crippen LogP contribution in [0.15, 0.2) is 44.4 Å². The van der Waals surface area contributed by atoms with E-state index in [0.29, 0.717) is 50.1 Å². The Hall–Kier alpha value is -2.39. The number of amides is 1. The second kappa shape index (κ2) is 6.40. The summed E-state index contributed by atoms with van der Waals surface area (Å²) in [4.78, 5) is 24.8. The highest BCUT2D eigenvalue weighted by atomic mass is 32.2. The number of rotatable bonds is 3. The van der Waals surface area contributed by atoms with Crippen molar-refractivity contribution in [1.29, 1.82) is 0 Å². The summed E-state index contributed by atoms with van der Waals surface area (Å²) in [7, 11) is -3.65. The molecule has 0 saturated carbocycles. The lowest BCUT2D eigenvalue weighted by Crippen LogP contribution is -2.47. The fourth-order valence-electron chi connectivity index (χ4n) is 3.49. The van der Waals surface area contributed by atoms with Crippen LogP contribution in [0.25, 0.3) is 11.0 Å². The number of hydrogen-bond donors (Lipinski definition) is 0. The number of benzene rings is 1.